The van der Waals surface area contributed by atoms with E-state index >= 15 is 0 Å². The predicted octanol–water partition coefficient (Wildman–Crippen LogP) is 3.79. The number of benzene rings is 1. The summed E-state index contributed by atoms with van der Waals surface area (Å²) in [7, 11) is 0. The van der Waals surface area contributed by atoms with E-state index in [0.29, 0.717) is 5.69 Å². The van der Waals surface area contributed by atoms with Crippen LogP contribution in [0.3, 0.4) is 0 Å². The van der Waals surface area contributed by atoms with E-state index in [1.807, 2.05) is 24.3 Å². The number of aromatic nitrogens is 2. The molecule has 2 N–H and O–H groups in total. The number of imidazole rings is 1. The lowest BCUT2D eigenvalue weighted by molar-refractivity contribution is 0.126. The third-order valence-corrected chi connectivity index (χ3v) is 4.07. The van der Waals surface area contributed by atoms with E-state index in [2.05, 4.69) is 11.9 Å². The summed E-state index contributed by atoms with van der Waals surface area (Å²) < 4.78 is 6.92. The molecule has 0 saturated heterocycles. The lowest BCUT2D eigenvalue weighted by Gasteiger charge is -2.07. The summed E-state index contributed by atoms with van der Waals surface area (Å²) in [5.74, 6) is -0.0753. The van der Waals surface area contributed by atoms with E-state index in [-0.39, 0.29) is 11.6 Å². The van der Waals surface area contributed by atoms with Crippen LogP contribution >= 0.6 is 0 Å². The summed E-state index contributed by atoms with van der Waals surface area (Å²) in [6.45, 7) is 3.89. The standard InChI is InChI=1S/C19H28N2O3/c1-2-3-4-6-12-24-13-7-5-9-16-10-8-11-17(14-16)21-18(22)15-20-19(21)23/h8,10-11,14-15,22H,2-7,9,12-13H2,1H3,(H,20,23). The van der Waals surface area contributed by atoms with Gasteiger partial charge in [0, 0.05) is 13.2 Å². The van der Waals surface area contributed by atoms with Gasteiger partial charge in [0.25, 0.3) is 0 Å². The summed E-state index contributed by atoms with van der Waals surface area (Å²) >= 11 is 0. The summed E-state index contributed by atoms with van der Waals surface area (Å²) in [6, 6.07) is 7.72. The van der Waals surface area contributed by atoms with Crippen molar-refractivity contribution in [1.29, 1.82) is 0 Å². The minimum absolute atomic E-state index is 0.0753. The Balaban J connectivity index is 1.72. The number of aryl methyl sites for hydroxylation is 1. The highest BCUT2D eigenvalue weighted by Crippen LogP contribution is 2.16. The van der Waals surface area contributed by atoms with Gasteiger partial charge >= 0.3 is 5.69 Å². The number of nitrogens with one attached hydrogen (secondary N) is 1. The van der Waals surface area contributed by atoms with Crippen LogP contribution < -0.4 is 5.69 Å². The van der Waals surface area contributed by atoms with Gasteiger partial charge in [0.1, 0.15) is 0 Å². The first-order valence-electron chi connectivity index (χ1n) is 8.89. The van der Waals surface area contributed by atoms with E-state index in [4.69, 9.17) is 4.74 Å². The molecular formula is C19H28N2O3. The summed E-state index contributed by atoms with van der Waals surface area (Å²) in [5, 5.41) is 9.74. The molecule has 0 aliphatic rings. The molecular weight excluding hydrogens is 304 g/mol. The smallest absolute Gasteiger partial charge is 0.333 e. The van der Waals surface area contributed by atoms with E-state index in [1.54, 1.807) is 0 Å². The lowest BCUT2D eigenvalue weighted by Crippen LogP contribution is -2.14. The first kappa shape index (κ1) is 18.3. The molecule has 0 radical (unpaired) electrons. The van der Waals surface area contributed by atoms with Gasteiger partial charge in [-0.2, -0.15) is 0 Å². The first-order chi connectivity index (χ1) is 11.7. The van der Waals surface area contributed by atoms with Crippen molar-refractivity contribution in [2.45, 2.75) is 51.9 Å². The number of ether oxygens (including phenoxy) is 1. The number of hydrogen-bond acceptors (Lipinski definition) is 3. The van der Waals surface area contributed by atoms with Crippen LogP contribution in [0.2, 0.25) is 0 Å². The zero-order valence-electron chi connectivity index (χ0n) is 14.5. The van der Waals surface area contributed by atoms with Crippen LogP contribution in [0.15, 0.2) is 35.3 Å². The number of rotatable bonds is 11. The average Bonchev–Trinajstić information content (AvgIpc) is 2.92. The minimum atomic E-state index is -0.332. The number of nitrogens with zero attached hydrogens (tertiary/aromatic N) is 1. The highest BCUT2D eigenvalue weighted by atomic mass is 16.5. The van der Waals surface area contributed by atoms with Crippen LogP contribution in [0.25, 0.3) is 5.69 Å². The molecule has 0 fully saturated rings. The number of aromatic amines is 1. The number of H-pyrrole nitrogens is 1. The Bertz CT molecular complexity index is 661. The van der Waals surface area contributed by atoms with Gasteiger partial charge < -0.3 is 14.8 Å². The summed E-state index contributed by atoms with van der Waals surface area (Å²) in [5.41, 5.74) is 1.51. The Hall–Kier alpha value is -2.01. The van der Waals surface area contributed by atoms with Crippen molar-refractivity contribution < 1.29 is 9.84 Å². The molecule has 2 aromatic rings. The third-order valence-electron chi connectivity index (χ3n) is 4.07. The lowest BCUT2D eigenvalue weighted by atomic mass is 10.1. The molecule has 0 bridgehead atoms. The van der Waals surface area contributed by atoms with Gasteiger partial charge in [0.2, 0.25) is 5.88 Å². The zero-order valence-corrected chi connectivity index (χ0v) is 14.5. The molecule has 0 unspecified atom stereocenters. The molecule has 0 saturated carbocycles. The highest BCUT2D eigenvalue weighted by molar-refractivity contribution is 5.38. The molecule has 2 rings (SSSR count). The Morgan fingerprint density at radius 3 is 2.62 bits per heavy atom. The fraction of sp³-hybridized carbons (Fsp3) is 0.526. The normalized spacial score (nSPS) is 11.0. The number of hydrogen-bond donors (Lipinski definition) is 2. The SMILES string of the molecule is CCCCCCOCCCCc1cccc(-n2c(O)c[nH]c2=O)c1. The number of aromatic hydroxyl groups is 1. The Kier molecular flexibility index (Phi) is 7.62. The van der Waals surface area contributed by atoms with Gasteiger partial charge in [-0.3, -0.25) is 0 Å². The molecule has 0 amide bonds. The highest BCUT2D eigenvalue weighted by Gasteiger charge is 2.07. The number of unbranched alkanes of at least 4 members (excludes halogenated alkanes) is 4. The van der Waals surface area contributed by atoms with Gasteiger partial charge in [-0.15, -0.1) is 0 Å². The molecule has 1 aromatic carbocycles. The van der Waals surface area contributed by atoms with Gasteiger partial charge in [0.05, 0.1) is 11.9 Å². The van der Waals surface area contributed by atoms with Crippen LogP contribution in [-0.2, 0) is 11.2 Å². The van der Waals surface area contributed by atoms with Crippen molar-refractivity contribution >= 4 is 0 Å². The molecule has 0 aliphatic carbocycles. The Morgan fingerprint density at radius 1 is 1.12 bits per heavy atom. The fourth-order valence-electron chi connectivity index (χ4n) is 2.73. The zero-order chi connectivity index (χ0) is 17.2. The fourth-order valence-corrected chi connectivity index (χ4v) is 2.73. The van der Waals surface area contributed by atoms with Gasteiger partial charge in [-0.05, 0) is 43.4 Å². The second kappa shape index (κ2) is 9.98. The van der Waals surface area contributed by atoms with Crippen molar-refractivity contribution in [2.75, 3.05) is 13.2 Å². The van der Waals surface area contributed by atoms with E-state index in [0.717, 1.165) is 44.5 Å². The maximum Gasteiger partial charge on any atom is 0.333 e. The molecule has 0 aliphatic heterocycles. The van der Waals surface area contributed by atoms with Gasteiger partial charge in [0.15, 0.2) is 0 Å². The molecule has 5 nitrogen and oxygen atoms in total. The molecule has 1 aromatic heterocycles. The van der Waals surface area contributed by atoms with Crippen LogP contribution in [0.5, 0.6) is 5.88 Å². The van der Waals surface area contributed by atoms with E-state index in [9.17, 15) is 9.90 Å². The van der Waals surface area contributed by atoms with Gasteiger partial charge in [-0.1, -0.05) is 38.3 Å². The first-order valence-corrected chi connectivity index (χ1v) is 8.89. The third kappa shape index (κ3) is 5.57. The quantitative estimate of drug-likeness (QED) is 0.615. The van der Waals surface area contributed by atoms with Crippen LogP contribution in [-0.4, -0.2) is 27.9 Å². The molecule has 0 atom stereocenters. The van der Waals surface area contributed by atoms with E-state index in [1.165, 1.54) is 30.0 Å². The largest absolute Gasteiger partial charge is 0.493 e. The average molecular weight is 332 g/mol. The van der Waals surface area contributed by atoms with E-state index < -0.39 is 0 Å². The molecule has 1 heterocycles. The van der Waals surface area contributed by atoms with Crippen molar-refractivity contribution in [3.05, 3.63) is 46.5 Å². The second-order valence-corrected chi connectivity index (χ2v) is 6.09. The monoisotopic (exact) mass is 332 g/mol. The molecule has 132 valence electrons. The molecule has 0 spiro atoms. The second-order valence-electron chi connectivity index (χ2n) is 6.09. The van der Waals surface area contributed by atoms with Crippen LogP contribution in [0.4, 0.5) is 0 Å². The molecule has 24 heavy (non-hydrogen) atoms. The topological polar surface area (TPSA) is 67.2 Å². The summed E-state index contributed by atoms with van der Waals surface area (Å²) in [6.07, 6.45) is 9.28. The molecule has 5 heteroatoms. The summed E-state index contributed by atoms with van der Waals surface area (Å²) in [4.78, 5) is 14.2. The predicted molar refractivity (Wildman–Crippen MR) is 96.0 cm³/mol. The Morgan fingerprint density at radius 2 is 1.92 bits per heavy atom. The van der Waals surface area contributed by atoms with Crippen molar-refractivity contribution in [1.82, 2.24) is 9.55 Å². The van der Waals surface area contributed by atoms with Crippen molar-refractivity contribution in [2.24, 2.45) is 0 Å². The van der Waals surface area contributed by atoms with Crippen molar-refractivity contribution in [3.8, 4) is 11.6 Å². The minimum Gasteiger partial charge on any atom is -0.493 e. The van der Waals surface area contributed by atoms with Crippen LogP contribution in [0, 0.1) is 0 Å². The maximum absolute atomic E-state index is 11.7. The Labute approximate surface area is 143 Å². The van der Waals surface area contributed by atoms with Crippen LogP contribution in [0.1, 0.15) is 51.0 Å². The maximum atomic E-state index is 11.7. The van der Waals surface area contributed by atoms with Gasteiger partial charge in [-0.25, -0.2) is 9.36 Å². The van der Waals surface area contributed by atoms with Crippen molar-refractivity contribution in [3.63, 3.8) is 0 Å².